The molecule has 7 aromatic rings. The molecule has 6 aromatic carbocycles. The summed E-state index contributed by atoms with van der Waals surface area (Å²) >= 11 is 0. The Morgan fingerprint density at radius 1 is 0.306 bits per heavy atom. The molecule has 0 aliphatic rings. The molecule has 1 aromatic heterocycles. The molecule has 0 saturated carbocycles. The first kappa shape index (κ1) is 31.2. The number of pyridine rings is 1. The van der Waals surface area contributed by atoms with E-state index in [1.54, 1.807) is 0 Å². The number of aromatic nitrogens is 1. The summed E-state index contributed by atoms with van der Waals surface area (Å²) in [7, 11) is 2.11. The Kier molecular flexibility index (Phi) is 9.52. The minimum Gasteiger partial charge on any atom is -0.311 e. The molecule has 1 heterocycles. The van der Waals surface area contributed by atoms with Crippen LogP contribution in [0.4, 0.5) is 34.1 Å². The number of para-hydroxylation sites is 4. The van der Waals surface area contributed by atoms with E-state index in [-0.39, 0.29) is 0 Å². The number of anilines is 6. The van der Waals surface area contributed by atoms with E-state index in [9.17, 15) is 0 Å². The lowest BCUT2D eigenvalue weighted by molar-refractivity contribution is -0.675. The van der Waals surface area contributed by atoms with E-state index in [0.717, 1.165) is 56.6 Å². The molecular formula is C46H38N3+. The van der Waals surface area contributed by atoms with E-state index in [4.69, 9.17) is 0 Å². The predicted molar refractivity (Wildman–Crippen MR) is 208 cm³/mol. The molecule has 0 unspecified atom stereocenters. The monoisotopic (exact) mass is 632 g/mol. The molecule has 0 N–H and O–H groups in total. The molecule has 3 nitrogen and oxygen atoms in total. The molecule has 0 fully saturated rings. The van der Waals surface area contributed by atoms with Crippen molar-refractivity contribution in [3.05, 3.63) is 211 Å². The van der Waals surface area contributed by atoms with Gasteiger partial charge in [-0.05, 0) is 102 Å². The Balaban J connectivity index is 1.07. The molecule has 7 rings (SSSR count). The van der Waals surface area contributed by atoms with Gasteiger partial charge in [-0.25, -0.2) is 0 Å². The van der Waals surface area contributed by atoms with Crippen LogP contribution in [-0.4, -0.2) is 0 Å². The van der Waals surface area contributed by atoms with Gasteiger partial charge in [-0.3, -0.25) is 0 Å². The van der Waals surface area contributed by atoms with Gasteiger partial charge in [-0.15, -0.1) is 0 Å². The van der Waals surface area contributed by atoms with Gasteiger partial charge in [-0.2, -0.15) is 4.57 Å². The Labute approximate surface area is 289 Å². The average molecular weight is 633 g/mol. The maximum Gasteiger partial charge on any atom is 0.205 e. The zero-order valence-electron chi connectivity index (χ0n) is 27.5. The van der Waals surface area contributed by atoms with Crippen molar-refractivity contribution in [2.75, 3.05) is 9.80 Å². The minimum atomic E-state index is 1.12. The zero-order chi connectivity index (χ0) is 33.3. The third-order valence-electron chi connectivity index (χ3n) is 8.56. The number of hydrogen-bond donors (Lipinski definition) is 0. The van der Waals surface area contributed by atoms with Gasteiger partial charge in [0.15, 0.2) is 0 Å². The van der Waals surface area contributed by atoms with Crippen LogP contribution >= 0.6 is 0 Å². The number of benzene rings is 6. The summed E-state index contributed by atoms with van der Waals surface area (Å²) < 4.78 is 2.22. The minimum absolute atomic E-state index is 1.12. The quantitative estimate of drug-likeness (QED) is 0.139. The highest BCUT2D eigenvalue weighted by Crippen LogP contribution is 2.35. The van der Waals surface area contributed by atoms with Crippen molar-refractivity contribution in [1.29, 1.82) is 0 Å². The second-order valence-electron chi connectivity index (χ2n) is 11.8. The Bertz CT molecular complexity index is 1910. The van der Waals surface area contributed by atoms with Crippen molar-refractivity contribution < 1.29 is 4.57 Å². The first-order chi connectivity index (χ1) is 24.2. The summed E-state index contributed by atoms with van der Waals surface area (Å²) in [6, 6.07) is 65.8. The zero-order valence-corrected chi connectivity index (χ0v) is 27.5. The van der Waals surface area contributed by atoms with Gasteiger partial charge in [0.2, 0.25) is 11.4 Å². The van der Waals surface area contributed by atoms with Crippen molar-refractivity contribution >= 4 is 58.4 Å². The van der Waals surface area contributed by atoms with Gasteiger partial charge >= 0.3 is 0 Å². The van der Waals surface area contributed by atoms with Gasteiger partial charge in [0, 0.05) is 58.4 Å². The summed E-state index contributed by atoms with van der Waals surface area (Å²) in [5.41, 5.74) is 11.3. The van der Waals surface area contributed by atoms with Gasteiger partial charge < -0.3 is 9.80 Å². The van der Waals surface area contributed by atoms with Crippen LogP contribution in [0.1, 0.15) is 22.5 Å². The molecule has 0 saturated heterocycles. The van der Waals surface area contributed by atoms with Gasteiger partial charge in [0.25, 0.3) is 0 Å². The van der Waals surface area contributed by atoms with Crippen LogP contribution in [0, 0.1) is 0 Å². The molecule has 0 amide bonds. The standard InChI is InChI=1S/C46H38N3/c1-47-39(31-25-37-27-33-45(34-28-37)48(41-15-6-2-7-16-41)42-17-8-3-9-18-42)23-14-24-40(47)32-26-38-29-35-46(36-30-38)49(43-19-10-4-11-20-43)44-21-12-5-13-22-44/h2-36H,1H3/q+1. The fourth-order valence-electron chi connectivity index (χ4n) is 5.99. The summed E-state index contributed by atoms with van der Waals surface area (Å²) in [4.78, 5) is 4.55. The highest BCUT2D eigenvalue weighted by atomic mass is 15.1. The van der Waals surface area contributed by atoms with Crippen LogP contribution in [0.5, 0.6) is 0 Å². The van der Waals surface area contributed by atoms with Crippen molar-refractivity contribution in [3.8, 4) is 0 Å². The second-order valence-corrected chi connectivity index (χ2v) is 11.8. The van der Waals surface area contributed by atoms with E-state index >= 15 is 0 Å². The molecule has 49 heavy (non-hydrogen) atoms. The molecule has 0 aliphatic heterocycles. The fourth-order valence-corrected chi connectivity index (χ4v) is 5.99. The molecule has 236 valence electrons. The topological polar surface area (TPSA) is 10.4 Å². The third kappa shape index (κ3) is 7.43. The predicted octanol–water partition coefficient (Wildman–Crippen LogP) is 11.8. The van der Waals surface area contributed by atoms with E-state index < -0.39 is 0 Å². The van der Waals surface area contributed by atoms with Crippen LogP contribution in [0.25, 0.3) is 24.3 Å². The Hall–Kier alpha value is -6.45. The summed E-state index contributed by atoms with van der Waals surface area (Å²) in [5.74, 6) is 0. The number of hydrogen-bond acceptors (Lipinski definition) is 2. The second kappa shape index (κ2) is 15.0. The van der Waals surface area contributed by atoms with Gasteiger partial charge in [-0.1, -0.05) is 97.1 Å². The SMILES string of the molecule is C[n+]1c(/C=C/c2ccc(N(c3ccccc3)c3ccccc3)cc2)cccc1/C=C/c1ccc(N(c2ccccc2)c2ccccc2)cc1. The van der Waals surface area contributed by atoms with E-state index in [1.165, 1.54) is 0 Å². The normalized spacial score (nSPS) is 11.2. The maximum absolute atomic E-state index is 2.28. The molecule has 0 radical (unpaired) electrons. The van der Waals surface area contributed by atoms with Gasteiger partial charge in [0.05, 0.1) is 0 Å². The van der Waals surface area contributed by atoms with Crippen molar-refractivity contribution in [3.63, 3.8) is 0 Å². The molecule has 0 bridgehead atoms. The van der Waals surface area contributed by atoms with E-state index in [0.29, 0.717) is 0 Å². The lowest BCUT2D eigenvalue weighted by Crippen LogP contribution is -2.35. The largest absolute Gasteiger partial charge is 0.311 e. The van der Waals surface area contributed by atoms with Crippen LogP contribution in [0.15, 0.2) is 188 Å². The summed E-state index contributed by atoms with van der Waals surface area (Å²) in [6.07, 6.45) is 8.70. The summed E-state index contributed by atoms with van der Waals surface area (Å²) in [6.45, 7) is 0. The van der Waals surface area contributed by atoms with Crippen LogP contribution in [-0.2, 0) is 7.05 Å². The Morgan fingerprint density at radius 3 is 0.898 bits per heavy atom. The lowest BCUT2D eigenvalue weighted by atomic mass is 10.1. The van der Waals surface area contributed by atoms with Crippen molar-refractivity contribution in [1.82, 2.24) is 0 Å². The maximum atomic E-state index is 2.28. The molecule has 0 atom stereocenters. The van der Waals surface area contributed by atoms with Crippen LogP contribution in [0.3, 0.4) is 0 Å². The molecule has 3 heteroatoms. The fraction of sp³-hybridized carbons (Fsp3) is 0.0217. The molecular weight excluding hydrogens is 595 g/mol. The lowest BCUT2D eigenvalue weighted by Gasteiger charge is -2.25. The number of nitrogens with zero attached hydrogens (tertiary/aromatic N) is 3. The van der Waals surface area contributed by atoms with Crippen LogP contribution < -0.4 is 14.4 Å². The van der Waals surface area contributed by atoms with Crippen molar-refractivity contribution in [2.45, 2.75) is 0 Å². The molecule has 0 spiro atoms. The highest BCUT2D eigenvalue weighted by molar-refractivity contribution is 5.79. The molecule has 0 aliphatic carbocycles. The van der Waals surface area contributed by atoms with Gasteiger partial charge in [0.1, 0.15) is 7.05 Å². The van der Waals surface area contributed by atoms with E-state index in [2.05, 4.69) is 234 Å². The number of rotatable bonds is 10. The third-order valence-corrected chi connectivity index (χ3v) is 8.56. The van der Waals surface area contributed by atoms with Crippen LogP contribution in [0.2, 0.25) is 0 Å². The summed E-state index contributed by atoms with van der Waals surface area (Å²) in [5, 5.41) is 0. The average Bonchev–Trinajstić information content (AvgIpc) is 3.17. The smallest absolute Gasteiger partial charge is 0.205 e. The first-order valence-corrected chi connectivity index (χ1v) is 16.6. The highest BCUT2D eigenvalue weighted by Gasteiger charge is 2.13. The first-order valence-electron chi connectivity index (χ1n) is 16.6. The Morgan fingerprint density at radius 2 is 0.592 bits per heavy atom. The van der Waals surface area contributed by atoms with E-state index in [1.807, 2.05) is 0 Å². The van der Waals surface area contributed by atoms with Crippen molar-refractivity contribution in [2.24, 2.45) is 7.05 Å².